The summed E-state index contributed by atoms with van der Waals surface area (Å²) in [5.74, 6) is 0. The van der Waals surface area contributed by atoms with Crippen LogP contribution < -0.4 is 0 Å². The number of rotatable bonds is 0. The number of hydrogen-bond acceptors (Lipinski definition) is 3. The van der Waals surface area contributed by atoms with Gasteiger partial charge in [-0.15, -0.1) is 24.3 Å². The van der Waals surface area contributed by atoms with Gasteiger partial charge in [0, 0.05) is 37.9 Å². The van der Waals surface area contributed by atoms with Gasteiger partial charge in [-0.05, 0) is 0 Å². The molecular formula is C12H6IrN3O-. The molecule has 0 aliphatic carbocycles. The molecule has 3 heterocycles. The van der Waals surface area contributed by atoms with Gasteiger partial charge in [0.2, 0.25) is 5.71 Å². The number of hydrogen-bond donors (Lipinski definition) is 0. The topological polar surface area (TPSA) is 43.3 Å². The van der Waals surface area contributed by atoms with Crippen LogP contribution in [0.25, 0.3) is 27.5 Å². The van der Waals surface area contributed by atoms with Crippen molar-refractivity contribution in [1.82, 2.24) is 14.5 Å². The summed E-state index contributed by atoms with van der Waals surface area (Å²) in [6.07, 6.45) is 5.34. The van der Waals surface area contributed by atoms with Gasteiger partial charge in [0.1, 0.15) is 0 Å². The molecule has 4 rings (SSSR count). The number of imidazole rings is 1. The third kappa shape index (κ3) is 1.27. The maximum absolute atomic E-state index is 5.26. The van der Waals surface area contributed by atoms with E-state index in [4.69, 9.17) is 4.52 Å². The molecule has 4 nitrogen and oxygen atoms in total. The van der Waals surface area contributed by atoms with Crippen LogP contribution in [0.15, 0.2) is 41.3 Å². The van der Waals surface area contributed by atoms with Crippen LogP contribution in [0.3, 0.4) is 0 Å². The number of pyridine rings is 1. The van der Waals surface area contributed by atoms with Crippen LogP contribution in [-0.2, 0) is 20.1 Å². The summed E-state index contributed by atoms with van der Waals surface area (Å²) in [7, 11) is 0. The van der Waals surface area contributed by atoms with Crippen molar-refractivity contribution in [2.45, 2.75) is 0 Å². The van der Waals surface area contributed by atoms with E-state index in [2.05, 4.69) is 16.2 Å². The Hall–Kier alpha value is -1.71. The molecule has 0 fully saturated rings. The van der Waals surface area contributed by atoms with Gasteiger partial charge in [0.05, 0.1) is 11.8 Å². The molecule has 0 atom stereocenters. The van der Waals surface area contributed by atoms with Gasteiger partial charge in [-0.2, -0.15) is 0 Å². The quantitative estimate of drug-likeness (QED) is 0.426. The predicted molar refractivity (Wildman–Crippen MR) is 59.1 cm³/mol. The molecule has 17 heavy (non-hydrogen) atoms. The summed E-state index contributed by atoms with van der Waals surface area (Å²) in [5.41, 5.74) is 1.57. The van der Waals surface area contributed by atoms with Crippen LogP contribution >= 0.6 is 0 Å². The molecule has 85 valence electrons. The van der Waals surface area contributed by atoms with E-state index in [1.165, 1.54) is 0 Å². The molecule has 0 saturated carbocycles. The maximum Gasteiger partial charge on any atom is 0.227 e. The zero-order valence-electron chi connectivity index (χ0n) is 8.55. The Bertz CT molecular complexity index is 749. The second-order valence-corrected chi connectivity index (χ2v) is 3.62. The Labute approximate surface area is 110 Å². The summed E-state index contributed by atoms with van der Waals surface area (Å²) in [5, 5.41) is 6.88. The largest absolute Gasteiger partial charge is 0.339 e. The van der Waals surface area contributed by atoms with Gasteiger partial charge in [0.15, 0.2) is 0 Å². The van der Waals surface area contributed by atoms with Gasteiger partial charge < -0.3 is 8.92 Å². The number of nitrogens with zero attached hydrogens (tertiary/aromatic N) is 3. The predicted octanol–water partition coefficient (Wildman–Crippen LogP) is 2.43. The molecule has 4 aromatic rings. The van der Waals surface area contributed by atoms with Crippen molar-refractivity contribution in [2.24, 2.45) is 0 Å². The Kier molecular flexibility index (Phi) is 2.24. The van der Waals surface area contributed by atoms with E-state index in [0.29, 0.717) is 0 Å². The van der Waals surface area contributed by atoms with E-state index < -0.39 is 0 Å². The van der Waals surface area contributed by atoms with Crippen molar-refractivity contribution in [1.29, 1.82) is 0 Å². The Morgan fingerprint density at radius 1 is 1.29 bits per heavy atom. The van der Waals surface area contributed by atoms with E-state index in [1.54, 1.807) is 12.4 Å². The first-order valence-electron chi connectivity index (χ1n) is 4.95. The molecule has 0 aliphatic rings. The molecule has 0 N–H and O–H groups in total. The van der Waals surface area contributed by atoms with Crippen LogP contribution in [0.1, 0.15) is 0 Å². The molecule has 0 bridgehead atoms. The van der Waals surface area contributed by atoms with Crippen LogP contribution in [0, 0.1) is 6.07 Å². The summed E-state index contributed by atoms with van der Waals surface area (Å²) in [6, 6.07) is 9.07. The molecule has 0 aliphatic heterocycles. The van der Waals surface area contributed by atoms with Crippen molar-refractivity contribution in [2.75, 3.05) is 0 Å². The molecule has 3 aromatic heterocycles. The first-order valence-corrected chi connectivity index (χ1v) is 4.95. The number of aromatic nitrogens is 3. The standard InChI is InChI=1S/C12H6N3O.Ir/c1-2-4-9-8(3-1)10-7-14-16-12(10)15-6-5-13-11(9)15;/h1-3,5-7H;/q-1;. The van der Waals surface area contributed by atoms with Gasteiger partial charge in [-0.1, -0.05) is 15.9 Å². The van der Waals surface area contributed by atoms with Crippen molar-refractivity contribution in [3.8, 4) is 0 Å². The maximum atomic E-state index is 5.26. The Balaban J connectivity index is 0.000000902. The van der Waals surface area contributed by atoms with Gasteiger partial charge in [-0.3, -0.25) is 4.98 Å². The zero-order valence-corrected chi connectivity index (χ0v) is 10.9. The Morgan fingerprint density at radius 3 is 3.18 bits per heavy atom. The molecule has 0 saturated heterocycles. The second-order valence-electron chi connectivity index (χ2n) is 3.62. The SMILES string of the molecule is [Ir].[c-]1cccc2c1c1nccn1c1oncc21. The molecule has 5 heteroatoms. The van der Waals surface area contributed by atoms with Gasteiger partial charge >= 0.3 is 0 Å². The zero-order chi connectivity index (χ0) is 10.5. The minimum atomic E-state index is 0. The monoisotopic (exact) mass is 401 g/mol. The average Bonchev–Trinajstić information content (AvgIpc) is 2.98. The number of benzene rings is 1. The minimum Gasteiger partial charge on any atom is -0.339 e. The van der Waals surface area contributed by atoms with E-state index in [-0.39, 0.29) is 20.1 Å². The van der Waals surface area contributed by atoms with Gasteiger partial charge in [-0.25, -0.2) is 0 Å². The second kappa shape index (κ2) is 3.65. The van der Waals surface area contributed by atoms with Crippen molar-refractivity contribution >= 4 is 27.5 Å². The summed E-state index contributed by atoms with van der Waals surface area (Å²) in [4.78, 5) is 4.32. The molecule has 0 unspecified atom stereocenters. The third-order valence-corrected chi connectivity index (χ3v) is 2.78. The molecule has 0 spiro atoms. The summed E-state index contributed by atoms with van der Waals surface area (Å²) in [6.45, 7) is 0. The van der Waals surface area contributed by atoms with Crippen molar-refractivity contribution in [3.05, 3.63) is 42.9 Å². The van der Waals surface area contributed by atoms with E-state index in [1.807, 2.05) is 28.8 Å². The van der Waals surface area contributed by atoms with E-state index in [9.17, 15) is 0 Å². The molecular weight excluding hydrogens is 394 g/mol. The first kappa shape index (κ1) is 10.4. The van der Waals surface area contributed by atoms with E-state index in [0.717, 1.165) is 27.5 Å². The molecule has 1 radical (unpaired) electrons. The summed E-state index contributed by atoms with van der Waals surface area (Å²) < 4.78 is 7.15. The Morgan fingerprint density at radius 2 is 2.24 bits per heavy atom. The van der Waals surface area contributed by atoms with E-state index >= 15 is 0 Å². The average molecular weight is 400 g/mol. The number of fused-ring (bicyclic) bond motifs is 6. The summed E-state index contributed by atoms with van der Waals surface area (Å²) >= 11 is 0. The third-order valence-electron chi connectivity index (χ3n) is 2.78. The van der Waals surface area contributed by atoms with Crippen molar-refractivity contribution in [3.63, 3.8) is 0 Å². The molecule has 0 amide bonds. The fourth-order valence-electron chi connectivity index (χ4n) is 2.09. The fraction of sp³-hybridized carbons (Fsp3) is 0. The first-order chi connectivity index (χ1) is 7.95. The van der Waals surface area contributed by atoms with Crippen molar-refractivity contribution < 1.29 is 24.6 Å². The normalized spacial score (nSPS) is 11.1. The van der Waals surface area contributed by atoms with Crippen LogP contribution in [0.5, 0.6) is 0 Å². The van der Waals surface area contributed by atoms with Gasteiger partial charge in [0.25, 0.3) is 0 Å². The van der Waals surface area contributed by atoms with Crippen LogP contribution in [0.4, 0.5) is 0 Å². The van der Waals surface area contributed by atoms with Crippen LogP contribution in [0.2, 0.25) is 0 Å². The molecule has 1 aromatic carbocycles. The smallest absolute Gasteiger partial charge is 0.227 e. The minimum absolute atomic E-state index is 0. The van der Waals surface area contributed by atoms with Crippen LogP contribution in [-0.4, -0.2) is 14.5 Å². The fourth-order valence-corrected chi connectivity index (χ4v) is 2.09.